The Hall–Kier alpha value is -2.22. The molecule has 0 aliphatic rings. The third-order valence-electron chi connectivity index (χ3n) is 2.97. The van der Waals surface area contributed by atoms with Gasteiger partial charge in [0, 0.05) is 11.1 Å². The highest BCUT2D eigenvalue weighted by Crippen LogP contribution is 2.13. The van der Waals surface area contributed by atoms with Gasteiger partial charge in [0.2, 0.25) is 0 Å². The number of benzene rings is 2. The first-order chi connectivity index (χ1) is 9.08. The van der Waals surface area contributed by atoms with Crippen LogP contribution in [0.5, 0.6) is 0 Å². The highest BCUT2D eigenvalue weighted by Gasteiger charge is 2.06. The lowest BCUT2D eigenvalue weighted by Gasteiger charge is -2.03. The Balaban J connectivity index is 2.24. The number of halogens is 1. The van der Waals surface area contributed by atoms with Crippen LogP contribution in [0.25, 0.3) is 6.08 Å². The summed E-state index contributed by atoms with van der Waals surface area (Å²) in [5.41, 5.74) is 3.12. The van der Waals surface area contributed by atoms with Gasteiger partial charge in [0.1, 0.15) is 5.82 Å². The molecular formula is C17H15FO. The SMILES string of the molecule is Cc1ccc(C(=O)C=Cc2ccccc2F)c(C)c1. The molecule has 0 aliphatic heterocycles. The summed E-state index contributed by atoms with van der Waals surface area (Å²) in [5.74, 6) is -0.437. The maximum Gasteiger partial charge on any atom is 0.186 e. The van der Waals surface area contributed by atoms with Gasteiger partial charge in [-0.2, -0.15) is 0 Å². The van der Waals surface area contributed by atoms with Crippen LogP contribution in [-0.4, -0.2) is 5.78 Å². The molecule has 0 bridgehead atoms. The van der Waals surface area contributed by atoms with E-state index in [-0.39, 0.29) is 11.6 Å². The molecule has 0 spiro atoms. The van der Waals surface area contributed by atoms with Crippen molar-refractivity contribution >= 4 is 11.9 Å². The predicted octanol–water partition coefficient (Wildman–Crippen LogP) is 4.34. The third-order valence-corrected chi connectivity index (χ3v) is 2.97. The summed E-state index contributed by atoms with van der Waals surface area (Å²) in [7, 11) is 0. The van der Waals surface area contributed by atoms with Gasteiger partial charge in [0.15, 0.2) is 5.78 Å². The molecule has 2 aromatic carbocycles. The standard InChI is InChI=1S/C17H15FO/c1-12-7-9-15(13(2)11-12)17(19)10-8-14-5-3-4-6-16(14)18/h3-11H,1-2H3. The van der Waals surface area contributed by atoms with E-state index in [2.05, 4.69) is 0 Å². The van der Waals surface area contributed by atoms with Gasteiger partial charge in [0.05, 0.1) is 0 Å². The molecule has 0 fully saturated rings. The lowest BCUT2D eigenvalue weighted by Crippen LogP contribution is -1.98. The van der Waals surface area contributed by atoms with Crippen LogP contribution in [0.1, 0.15) is 27.0 Å². The van der Waals surface area contributed by atoms with Gasteiger partial charge in [-0.05, 0) is 37.6 Å². The Morgan fingerprint density at radius 2 is 1.84 bits per heavy atom. The molecule has 0 heterocycles. The Labute approximate surface area is 112 Å². The van der Waals surface area contributed by atoms with Crippen LogP contribution in [0.2, 0.25) is 0 Å². The first-order valence-electron chi connectivity index (χ1n) is 6.12. The van der Waals surface area contributed by atoms with E-state index in [9.17, 15) is 9.18 Å². The van der Waals surface area contributed by atoms with E-state index in [1.165, 1.54) is 18.2 Å². The molecule has 0 radical (unpaired) electrons. The zero-order valence-electron chi connectivity index (χ0n) is 11.0. The number of hydrogen-bond acceptors (Lipinski definition) is 1. The van der Waals surface area contributed by atoms with Gasteiger partial charge in [-0.1, -0.05) is 42.0 Å². The van der Waals surface area contributed by atoms with E-state index >= 15 is 0 Å². The first kappa shape index (κ1) is 13.2. The molecule has 0 unspecified atom stereocenters. The molecule has 0 aliphatic carbocycles. The summed E-state index contributed by atoms with van der Waals surface area (Å²) in [4.78, 5) is 12.1. The molecule has 1 nitrogen and oxygen atoms in total. The maximum atomic E-state index is 13.4. The summed E-state index contributed by atoms with van der Waals surface area (Å²) < 4.78 is 13.4. The average molecular weight is 254 g/mol. The van der Waals surface area contributed by atoms with E-state index in [0.29, 0.717) is 11.1 Å². The fourth-order valence-corrected chi connectivity index (χ4v) is 1.96. The summed E-state index contributed by atoms with van der Waals surface area (Å²) in [6, 6.07) is 12.0. The van der Waals surface area contributed by atoms with Crippen LogP contribution in [0.3, 0.4) is 0 Å². The van der Waals surface area contributed by atoms with Crippen molar-refractivity contribution in [3.63, 3.8) is 0 Å². The molecule has 0 aromatic heterocycles. The fraction of sp³-hybridized carbons (Fsp3) is 0.118. The second-order valence-electron chi connectivity index (χ2n) is 4.54. The van der Waals surface area contributed by atoms with Crippen molar-refractivity contribution < 1.29 is 9.18 Å². The van der Waals surface area contributed by atoms with Crippen LogP contribution in [0.15, 0.2) is 48.5 Å². The van der Waals surface area contributed by atoms with Crippen molar-refractivity contribution in [3.8, 4) is 0 Å². The predicted molar refractivity (Wildman–Crippen MR) is 75.7 cm³/mol. The fourth-order valence-electron chi connectivity index (χ4n) is 1.96. The molecule has 96 valence electrons. The molecule has 2 heteroatoms. The van der Waals surface area contributed by atoms with Crippen LogP contribution in [-0.2, 0) is 0 Å². The number of carbonyl (C=O) groups is 1. The van der Waals surface area contributed by atoms with Crippen molar-refractivity contribution in [2.75, 3.05) is 0 Å². The number of rotatable bonds is 3. The molecule has 0 saturated carbocycles. The van der Waals surface area contributed by atoms with Gasteiger partial charge in [-0.15, -0.1) is 0 Å². The number of hydrogen-bond donors (Lipinski definition) is 0. The van der Waals surface area contributed by atoms with Crippen LogP contribution in [0, 0.1) is 19.7 Å². The lowest BCUT2D eigenvalue weighted by molar-refractivity contribution is 0.104. The van der Waals surface area contributed by atoms with E-state index in [1.807, 2.05) is 26.0 Å². The van der Waals surface area contributed by atoms with Crippen LogP contribution in [0.4, 0.5) is 4.39 Å². The molecule has 2 rings (SSSR count). The topological polar surface area (TPSA) is 17.1 Å². The number of allylic oxidation sites excluding steroid dienone is 1. The van der Waals surface area contributed by atoms with E-state index in [4.69, 9.17) is 0 Å². The van der Waals surface area contributed by atoms with E-state index in [1.54, 1.807) is 24.3 Å². The first-order valence-corrected chi connectivity index (χ1v) is 6.12. The molecule has 0 amide bonds. The van der Waals surface area contributed by atoms with Crippen molar-refractivity contribution in [3.05, 3.63) is 76.6 Å². The molecule has 0 N–H and O–H groups in total. The second kappa shape index (κ2) is 5.61. The molecule has 0 saturated heterocycles. The van der Waals surface area contributed by atoms with Gasteiger partial charge >= 0.3 is 0 Å². The van der Waals surface area contributed by atoms with Crippen molar-refractivity contribution in [2.45, 2.75) is 13.8 Å². The Kier molecular flexibility index (Phi) is 3.91. The highest BCUT2D eigenvalue weighted by molar-refractivity contribution is 6.07. The van der Waals surface area contributed by atoms with Crippen molar-refractivity contribution in [1.29, 1.82) is 0 Å². The molecule has 2 aromatic rings. The normalized spacial score (nSPS) is 10.9. The van der Waals surface area contributed by atoms with E-state index in [0.717, 1.165) is 11.1 Å². The van der Waals surface area contributed by atoms with Gasteiger partial charge in [-0.25, -0.2) is 4.39 Å². The minimum Gasteiger partial charge on any atom is -0.289 e. The zero-order chi connectivity index (χ0) is 13.8. The summed E-state index contributed by atoms with van der Waals surface area (Å²) in [6.07, 6.45) is 2.92. The summed E-state index contributed by atoms with van der Waals surface area (Å²) >= 11 is 0. The Bertz CT molecular complexity index is 641. The zero-order valence-corrected chi connectivity index (χ0v) is 11.0. The number of ketones is 1. The minimum absolute atomic E-state index is 0.110. The largest absolute Gasteiger partial charge is 0.289 e. The van der Waals surface area contributed by atoms with E-state index < -0.39 is 0 Å². The van der Waals surface area contributed by atoms with Gasteiger partial charge < -0.3 is 0 Å². The molecule has 19 heavy (non-hydrogen) atoms. The molecular weight excluding hydrogens is 239 g/mol. The average Bonchev–Trinajstić information content (AvgIpc) is 2.37. The molecule has 0 atom stereocenters. The Morgan fingerprint density at radius 1 is 1.11 bits per heavy atom. The van der Waals surface area contributed by atoms with Gasteiger partial charge in [0.25, 0.3) is 0 Å². The number of carbonyl (C=O) groups excluding carboxylic acids is 1. The lowest BCUT2D eigenvalue weighted by atomic mass is 10.0. The quantitative estimate of drug-likeness (QED) is 0.588. The van der Waals surface area contributed by atoms with Crippen LogP contribution < -0.4 is 0 Å². The second-order valence-corrected chi connectivity index (χ2v) is 4.54. The van der Waals surface area contributed by atoms with Crippen molar-refractivity contribution in [2.24, 2.45) is 0 Å². The van der Waals surface area contributed by atoms with Crippen molar-refractivity contribution in [1.82, 2.24) is 0 Å². The maximum absolute atomic E-state index is 13.4. The van der Waals surface area contributed by atoms with Gasteiger partial charge in [-0.3, -0.25) is 4.79 Å². The minimum atomic E-state index is -0.327. The monoisotopic (exact) mass is 254 g/mol. The number of aryl methyl sites for hydroxylation is 2. The Morgan fingerprint density at radius 3 is 2.53 bits per heavy atom. The van der Waals surface area contributed by atoms with Crippen LogP contribution >= 0.6 is 0 Å². The third kappa shape index (κ3) is 3.16. The summed E-state index contributed by atoms with van der Waals surface area (Å²) in [5, 5.41) is 0. The highest BCUT2D eigenvalue weighted by atomic mass is 19.1. The summed E-state index contributed by atoms with van der Waals surface area (Å²) in [6.45, 7) is 3.88. The smallest absolute Gasteiger partial charge is 0.186 e.